The Balaban J connectivity index is 1.58. The highest BCUT2D eigenvalue weighted by molar-refractivity contribution is 5.38. The van der Waals surface area contributed by atoms with Crippen molar-refractivity contribution in [2.45, 2.75) is 110 Å². The largest absolute Gasteiger partial charge is 0.454 e. The monoisotopic (exact) mass is 571 g/mol. The second-order valence-electron chi connectivity index (χ2n) is 10.7. The molecule has 0 aliphatic rings. The summed E-state index contributed by atoms with van der Waals surface area (Å²) in [4.78, 5) is 0. The molecular weight excluding hydrogens is 528 g/mol. The van der Waals surface area contributed by atoms with Crippen LogP contribution in [0, 0.1) is 17.7 Å². The van der Waals surface area contributed by atoms with Crippen molar-refractivity contribution in [2.75, 3.05) is 0 Å². The lowest BCUT2D eigenvalue weighted by molar-refractivity contribution is -0.189. The van der Waals surface area contributed by atoms with Crippen LogP contribution in [0.25, 0.3) is 0 Å². The maximum absolute atomic E-state index is 15.1. The zero-order valence-corrected chi connectivity index (χ0v) is 24.4. The van der Waals surface area contributed by atoms with Crippen LogP contribution in [0.2, 0.25) is 0 Å². The normalized spacial score (nSPS) is 11.6. The minimum Gasteiger partial charge on any atom is -0.454 e. The Hall–Kier alpha value is -3.02. The lowest BCUT2D eigenvalue weighted by Gasteiger charge is -2.20. The van der Waals surface area contributed by atoms with Gasteiger partial charge in [0.05, 0.1) is 0 Å². The fourth-order valence-electron chi connectivity index (χ4n) is 4.81. The lowest BCUT2D eigenvalue weighted by Crippen LogP contribution is -2.25. The summed E-state index contributed by atoms with van der Waals surface area (Å²) < 4.78 is 69.9. The van der Waals surface area contributed by atoms with Crippen molar-refractivity contribution >= 4 is 0 Å². The summed E-state index contributed by atoms with van der Waals surface area (Å²) in [6, 6.07) is 16.1. The van der Waals surface area contributed by atoms with Crippen molar-refractivity contribution < 1.29 is 27.0 Å². The topological polar surface area (TPSA) is 18.5 Å². The molecule has 0 atom stereocenters. The van der Waals surface area contributed by atoms with Gasteiger partial charge in [0, 0.05) is 6.07 Å². The van der Waals surface area contributed by atoms with Crippen molar-refractivity contribution in [3.8, 4) is 17.2 Å². The van der Waals surface area contributed by atoms with Crippen molar-refractivity contribution in [3.05, 3.63) is 89.0 Å². The molecule has 0 fully saturated rings. The standard InChI is InChI=1S/C35H43F4O2/c1-3-5-7-9-10-12-14-16-28-19-23-30(24-20-28)41-35(38,39)33-31(36)25-26-32(34(33)37)40-29-21-17-27(18-22-29)15-13-11-8-6-4-2/h17-25H,3-16H2,1-2H3. The van der Waals surface area contributed by atoms with Crippen LogP contribution in [0.5, 0.6) is 17.2 Å². The molecule has 1 radical (unpaired) electrons. The molecule has 0 aliphatic carbocycles. The van der Waals surface area contributed by atoms with Crippen molar-refractivity contribution in [1.29, 1.82) is 0 Å². The molecule has 223 valence electrons. The molecule has 0 saturated heterocycles. The molecule has 0 aromatic heterocycles. The quantitative estimate of drug-likeness (QED) is 0.105. The van der Waals surface area contributed by atoms with Gasteiger partial charge in [-0.1, -0.05) is 102 Å². The molecule has 0 N–H and O–H groups in total. The van der Waals surface area contributed by atoms with E-state index < -0.39 is 29.1 Å². The van der Waals surface area contributed by atoms with E-state index in [4.69, 9.17) is 9.47 Å². The SMILES string of the molecule is CCCCCCCCCc1ccc(OC(F)(F)c2c(F)c[c]c(Oc3ccc(CCCCCCC)cc3)c2F)cc1. The van der Waals surface area contributed by atoms with Gasteiger partial charge in [-0.25, -0.2) is 8.78 Å². The summed E-state index contributed by atoms with van der Waals surface area (Å²) in [6.07, 6.45) is 11.6. The molecule has 3 rings (SSSR count). The van der Waals surface area contributed by atoms with E-state index in [0.29, 0.717) is 6.07 Å². The van der Waals surface area contributed by atoms with Gasteiger partial charge in [0.25, 0.3) is 0 Å². The molecule has 0 spiro atoms. The summed E-state index contributed by atoms with van der Waals surface area (Å²) in [7, 11) is 0. The van der Waals surface area contributed by atoms with Crippen LogP contribution in [-0.2, 0) is 19.0 Å². The van der Waals surface area contributed by atoms with Gasteiger partial charge >= 0.3 is 6.11 Å². The van der Waals surface area contributed by atoms with Gasteiger partial charge in [0.15, 0.2) is 11.6 Å². The second-order valence-corrected chi connectivity index (χ2v) is 10.7. The Morgan fingerprint density at radius 1 is 0.634 bits per heavy atom. The zero-order valence-electron chi connectivity index (χ0n) is 24.4. The van der Waals surface area contributed by atoms with Crippen molar-refractivity contribution in [1.82, 2.24) is 0 Å². The van der Waals surface area contributed by atoms with Crippen molar-refractivity contribution in [3.63, 3.8) is 0 Å². The maximum atomic E-state index is 15.1. The number of halogens is 4. The summed E-state index contributed by atoms with van der Waals surface area (Å²) in [5.74, 6) is -3.58. The van der Waals surface area contributed by atoms with Gasteiger partial charge in [-0.05, 0) is 67.1 Å². The number of ether oxygens (including phenoxy) is 2. The summed E-state index contributed by atoms with van der Waals surface area (Å²) >= 11 is 0. The Morgan fingerprint density at radius 2 is 1.10 bits per heavy atom. The molecule has 2 nitrogen and oxygen atoms in total. The van der Waals surface area contributed by atoms with Gasteiger partial charge in [-0.15, -0.1) is 0 Å². The van der Waals surface area contributed by atoms with Crippen LogP contribution >= 0.6 is 0 Å². The van der Waals surface area contributed by atoms with Crippen LogP contribution in [0.3, 0.4) is 0 Å². The Labute approximate surface area is 243 Å². The fraction of sp³-hybridized carbons (Fsp3) is 0.486. The summed E-state index contributed by atoms with van der Waals surface area (Å²) in [5, 5.41) is 0. The first-order chi connectivity index (χ1) is 19.8. The number of rotatable bonds is 19. The minimum atomic E-state index is -4.26. The maximum Gasteiger partial charge on any atom is 0.432 e. The first-order valence-corrected chi connectivity index (χ1v) is 15.2. The number of hydrogen-bond acceptors (Lipinski definition) is 2. The van der Waals surface area contributed by atoms with E-state index in [1.54, 1.807) is 24.3 Å². The molecule has 41 heavy (non-hydrogen) atoms. The molecule has 0 amide bonds. The number of alkyl halides is 2. The van der Waals surface area contributed by atoms with E-state index in [1.807, 2.05) is 12.1 Å². The van der Waals surface area contributed by atoms with Crippen LogP contribution < -0.4 is 9.47 Å². The lowest BCUT2D eigenvalue weighted by atomic mass is 10.0. The first kappa shape index (κ1) is 32.5. The molecule has 0 saturated carbocycles. The number of benzene rings is 3. The van der Waals surface area contributed by atoms with Crippen LogP contribution in [0.4, 0.5) is 17.6 Å². The molecule has 3 aromatic carbocycles. The van der Waals surface area contributed by atoms with Crippen LogP contribution in [0.15, 0.2) is 54.6 Å². The third kappa shape index (κ3) is 10.7. The zero-order chi connectivity index (χ0) is 29.5. The van der Waals surface area contributed by atoms with E-state index in [0.717, 1.165) is 49.7 Å². The Kier molecular flexibility index (Phi) is 13.5. The molecule has 3 aromatic rings. The minimum absolute atomic E-state index is 0.183. The second kappa shape index (κ2) is 17.1. The van der Waals surface area contributed by atoms with Gasteiger partial charge in [-0.3, -0.25) is 0 Å². The van der Waals surface area contributed by atoms with Crippen LogP contribution in [-0.4, -0.2) is 0 Å². The fourth-order valence-corrected chi connectivity index (χ4v) is 4.81. The predicted molar refractivity (Wildman–Crippen MR) is 157 cm³/mol. The van der Waals surface area contributed by atoms with E-state index in [2.05, 4.69) is 19.9 Å². The third-order valence-electron chi connectivity index (χ3n) is 7.23. The molecule has 6 heteroatoms. The highest BCUT2D eigenvalue weighted by atomic mass is 19.3. The van der Waals surface area contributed by atoms with Crippen LogP contribution in [0.1, 0.15) is 108 Å². The van der Waals surface area contributed by atoms with E-state index in [1.165, 1.54) is 63.5 Å². The van der Waals surface area contributed by atoms with Crippen molar-refractivity contribution in [2.24, 2.45) is 0 Å². The van der Waals surface area contributed by atoms with Gasteiger partial charge in [0.2, 0.25) is 0 Å². The Bertz CT molecular complexity index is 1160. The first-order valence-electron chi connectivity index (χ1n) is 15.2. The highest BCUT2D eigenvalue weighted by Crippen LogP contribution is 2.39. The number of aryl methyl sites for hydroxylation is 2. The predicted octanol–water partition coefficient (Wildman–Crippen LogP) is 11.5. The van der Waals surface area contributed by atoms with Gasteiger partial charge < -0.3 is 9.47 Å². The van der Waals surface area contributed by atoms with Gasteiger partial charge in [-0.2, -0.15) is 8.78 Å². The smallest absolute Gasteiger partial charge is 0.432 e. The number of hydrogen-bond donors (Lipinski definition) is 0. The van der Waals surface area contributed by atoms with Gasteiger partial charge in [0.1, 0.15) is 22.9 Å². The van der Waals surface area contributed by atoms with E-state index >= 15 is 13.2 Å². The molecule has 0 heterocycles. The number of unbranched alkanes of at least 4 members (excludes halogenated alkanes) is 10. The van der Waals surface area contributed by atoms with E-state index in [-0.39, 0.29) is 11.5 Å². The highest BCUT2D eigenvalue weighted by Gasteiger charge is 2.42. The molecule has 0 unspecified atom stereocenters. The average molecular weight is 572 g/mol. The molecule has 0 bridgehead atoms. The average Bonchev–Trinajstić information content (AvgIpc) is 2.95. The van der Waals surface area contributed by atoms with E-state index in [9.17, 15) is 4.39 Å². The summed E-state index contributed by atoms with van der Waals surface area (Å²) in [6.45, 7) is 4.37. The molecular formula is C35H43F4O2. The molecule has 0 aliphatic heterocycles. The third-order valence-corrected chi connectivity index (χ3v) is 7.23. The Morgan fingerprint density at radius 3 is 1.61 bits per heavy atom. The summed E-state index contributed by atoms with van der Waals surface area (Å²) in [5.41, 5.74) is 0.590.